The number of likely N-dealkylation sites (tertiary alicyclic amines) is 1. The van der Waals surface area contributed by atoms with Crippen LogP contribution < -0.4 is 0 Å². The Morgan fingerprint density at radius 3 is 2.57 bits per heavy atom. The van der Waals surface area contributed by atoms with Crippen molar-refractivity contribution in [2.75, 3.05) is 0 Å². The number of carboxylic acid groups (broad SMARTS) is 1. The predicted octanol–water partition coefficient (Wildman–Crippen LogP) is 3.90. The maximum absolute atomic E-state index is 11.6. The van der Waals surface area contributed by atoms with Crippen molar-refractivity contribution in [3.63, 3.8) is 0 Å². The van der Waals surface area contributed by atoms with E-state index in [1.165, 1.54) is 34.8 Å². The fourth-order valence-electron chi connectivity index (χ4n) is 4.02. The first-order valence-electron chi connectivity index (χ1n) is 7.88. The van der Waals surface area contributed by atoms with Gasteiger partial charge in [0.05, 0.1) is 0 Å². The first-order valence-corrected chi connectivity index (χ1v) is 8.96. The molecule has 2 fully saturated rings. The van der Waals surface area contributed by atoms with Crippen LogP contribution in [0.25, 0.3) is 0 Å². The van der Waals surface area contributed by atoms with Crippen molar-refractivity contribution in [3.8, 4) is 0 Å². The topological polar surface area (TPSA) is 40.5 Å². The molecular weight excluding hydrogens is 377 g/mol. The summed E-state index contributed by atoms with van der Waals surface area (Å²) in [6.45, 7) is 0.773. The van der Waals surface area contributed by atoms with Gasteiger partial charge >= 0.3 is 5.97 Å². The first kappa shape index (κ1) is 15.3. The normalized spacial score (nSPS) is 29.9. The molecule has 0 bridgehead atoms. The van der Waals surface area contributed by atoms with E-state index in [1.807, 2.05) is 0 Å². The molecule has 1 aliphatic heterocycles. The Morgan fingerprint density at radius 2 is 1.86 bits per heavy atom. The number of rotatable bonds is 3. The summed E-state index contributed by atoms with van der Waals surface area (Å²) in [6, 6.07) is 8.64. The third-order valence-corrected chi connectivity index (χ3v) is 5.79. The second kappa shape index (κ2) is 6.65. The number of benzene rings is 1. The molecule has 1 saturated carbocycles. The summed E-state index contributed by atoms with van der Waals surface area (Å²) in [5, 5.41) is 9.58. The van der Waals surface area contributed by atoms with Gasteiger partial charge < -0.3 is 5.11 Å². The number of carboxylic acids is 1. The fourth-order valence-corrected chi connectivity index (χ4v) is 4.38. The first-order chi connectivity index (χ1) is 10.1. The van der Waals surface area contributed by atoms with Gasteiger partial charge in [0.2, 0.25) is 0 Å². The summed E-state index contributed by atoms with van der Waals surface area (Å²) in [7, 11) is 0. The lowest BCUT2D eigenvalue weighted by Crippen LogP contribution is -2.54. The highest BCUT2D eigenvalue weighted by Crippen LogP contribution is 2.38. The summed E-state index contributed by atoms with van der Waals surface area (Å²) in [5.74, 6) is 0.0581. The van der Waals surface area contributed by atoms with E-state index in [4.69, 9.17) is 0 Å². The molecule has 2 aliphatic rings. The SMILES string of the molecule is O=C(O)C1CCC2CCCCC2N1Cc1ccc(I)cc1. The van der Waals surface area contributed by atoms with Crippen LogP contribution in [0.3, 0.4) is 0 Å². The molecular formula is C17H22INO2. The molecule has 114 valence electrons. The summed E-state index contributed by atoms with van der Waals surface area (Å²) in [5.41, 5.74) is 1.23. The summed E-state index contributed by atoms with van der Waals surface area (Å²) in [6.07, 6.45) is 6.90. The van der Waals surface area contributed by atoms with E-state index < -0.39 is 5.97 Å². The quantitative estimate of drug-likeness (QED) is 0.784. The zero-order chi connectivity index (χ0) is 14.8. The van der Waals surface area contributed by atoms with Crippen molar-refractivity contribution in [2.24, 2.45) is 5.92 Å². The third-order valence-electron chi connectivity index (χ3n) is 5.07. The van der Waals surface area contributed by atoms with Crippen molar-refractivity contribution >= 4 is 28.6 Å². The second-order valence-electron chi connectivity index (χ2n) is 6.34. The maximum Gasteiger partial charge on any atom is 0.320 e. The van der Waals surface area contributed by atoms with Crippen molar-refractivity contribution in [1.29, 1.82) is 0 Å². The number of fused-ring (bicyclic) bond motifs is 1. The Kier molecular flexibility index (Phi) is 4.84. The molecule has 1 heterocycles. The van der Waals surface area contributed by atoms with Gasteiger partial charge in [-0.15, -0.1) is 0 Å². The third kappa shape index (κ3) is 3.42. The Bertz CT molecular complexity index is 502. The molecule has 0 spiro atoms. The van der Waals surface area contributed by atoms with Crippen molar-refractivity contribution < 1.29 is 9.90 Å². The molecule has 4 heteroatoms. The Labute approximate surface area is 139 Å². The molecule has 3 rings (SSSR count). The molecule has 21 heavy (non-hydrogen) atoms. The molecule has 3 atom stereocenters. The second-order valence-corrected chi connectivity index (χ2v) is 7.59. The average molecular weight is 399 g/mol. The Hall–Kier alpha value is -0.620. The van der Waals surface area contributed by atoms with Gasteiger partial charge in [-0.05, 0) is 71.9 Å². The van der Waals surface area contributed by atoms with Gasteiger partial charge in [0, 0.05) is 16.2 Å². The van der Waals surface area contributed by atoms with E-state index in [2.05, 4.69) is 51.8 Å². The zero-order valence-electron chi connectivity index (χ0n) is 12.2. The minimum Gasteiger partial charge on any atom is -0.480 e. The lowest BCUT2D eigenvalue weighted by Gasteiger charge is -2.47. The van der Waals surface area contributed by atoms with Crippen molar-refractivity contribution in [3.05, 3.63) is 33.4 Å². The van der Waals surface area contributed by atoms with Crippen LogP contribution in [0.4, 0.5) is 0 Å². The highest BCUT2D eigenvalue weighted by atomic mass is 127. The van der Waals surface area contributed by atoms with E-state index in [0.717, 1.165) is 19.4 Å². The highest BCUT2D eigenvalue weighted by molar-refractivity contribution is 14.1. The van der Waals surface area contributed by atoms with Gasteiger partial charge in [-0.2, -0.15) is 0 Å². The minimum absolute atomic E-state index is 0.302. The van der Waals surface area contributed by atoms with Crippen LogP contribution in [0.5, 0.6) is 0 Å². The van der Waals surface area contributed by atoms with E-state index in [0.29, 0.717) is 12.0 Å². The summed E-state index contributed by atoms with van der Waals surface area (Å²) < 4.78 is 1.22. The standard InChI is InChI=1S/C17H22INO2/c18-14-8-5-12(6-9-14)11-19-15-4-2-1-3-13(15)7-10-16(19)17(20)21/h5-6,8-9,13,15-16H,1-4,7,10-11H2,(H,20,21). The van der Waals surface area contributed by atoms with Crippen LogP contribution in [0.1, 0.15) is 44.1 Å². The smallest absolute Gasteiger partial charge is 0.320 e. The number of piperidine rings is 1. The minimum atomic E-state index is -0.649. The molecule has 1 aromatic carbocycles. The number of hydrogen-bond acceptors (Lipinski definition) is 2. The van der Waals surface area contributed by atoms with Gasteiger partial charge in [0.1, 0.15) is 6.04 Å². The number of halogens is 1. The largest absolute Gasteiger partial charge is 0.480 e. The lowest BCUT2D eigenvalue weighted by molar-refractivity contribution is -0.148. The maximum atomic E-state index is 11.6. The van der Waals surface area contributed by atoms with E-state index in [-0.39, 0.29) is 6.04 Å². The molecule has 1 N–H and O–H groups in total. The molecule has 3 unspecified atom stereocenters. The summed E-state index contributed by atoms with van der Waals surface area (Å²) in [4.78, 5) is 13.9. The van der Waals surface area contributed by atoms with Crippen LogP contribution in [0.2, 0.25) is 0 Å². The fraction of sp³-hybridized carbons (Fsp3) is 0.588. The Balaban J connectivity index is 1.81. The van der Waals surface area contributed by atoms with Crippen molar-refractivity contribution in [2.45, 2.75) is 57.2 Å². The number of carbonyl (C=O) groups is 1. The Morgan fingerprint density at radius 1 is 1.14 bits per heavy atom. The van der Waals surface area contributed by atoms with Crippen LogP contribution in [-0.2, 0) is 11.3 Å². The van der Waals surface area contributed by atoms with E-state index in [1.54, 1.807) is 0 Å². The zero-order valence-corrected chi connectivity index (χ0v) is 14.3. The van der Waals surface area contributed by atoms with Gasteiger partial charge in [-0.25, -0.2) is 0 Å². The van der Waals surface area contributed by atoms with Crippen LogP contribution in [0.15, 0.2) is 24.3 Å². The molecule has 0 aromatic heterocycles. The molecule has 1 aromatic rings. The molecule has 0 amide bonds. The highest BCUT2D eigenvalue weighted by Gasteiger charge is 2.41. The summed E-state index contributed by atoms with van der Waals surface area (Å²) >= 11 is 2.30. The molecule has 1 aliphatic carbocycles. The monoisotopic (exact) mass is 399 g/mol. The van der Waals surface area contributed by atoms with E-state index in [9.17, 15) is 9.90 Å². The predicted molar refractivity (Wildman–Crippen MR) is 91.1 cm³/mol. The lowest BCUT2D eigenvalue weighted by atomic mass is 9.76. The molecule has 1 saturated heterocycles. The van der Waals surface area contributed by atoms with Crippen LogP contribution in [-0.4, -0.2) is 28.1 Å². The number of hydrogen-bond donors (Lipinski definition) is 1. The number of nitrogens with zero attached hydrogens (tertiary/aromatic N) is 1. The van der Waals surface area contributed by atoms with Crippen LogP contribution in [0, 0.1) is 9.49 Å². The van der Waals surface area contributed by atoms with Gasteiger partial charge in [0.25, 0.3) is 0 Å². The molecule has 0 radical (unpaired) electrons. The van der Waals surface area contributed by atoms with Gasteiger partial charge in [-0.1, -0.05) is 25.0 Å². The number of aliphatic carboxylic acids is 1. The molecule has 3 nitrogen and oxygen atoms in total. The van der Waals surface area contributed by atoms with Crippen molar-refractivity contribution in [1.82, 2.24) is 4.90 Å². The van der Waals surface area contributed by atoms with Gasteiger partial charge in [0.15, 0.2) is 0 Å². The van der Waals surface area contributed by atoms with Crippen LogP contribution >= 0.6 is 22.6 Å². The van der Waals surface area contributed by atoms with Gasteiger partial charge in [-0.3, -0.25) is 9.69 Å². The average Bonchev–Trinajstić information content (AvgIpc) is 2.49. The van der Waals surface area contributed by atoms with E-state index >= 15 is 0 Å².